The fourth-order valence-corrected chi connectivity index (χ4v) is 1.26. The number of nitrogens with one attached hydrogen (secondary N) is 2. The average molecular weight is 284 g/mol. The minimum Gasteiger partial charge on any atom is -0.481 e. The quantitative estimate of drug-likeness (QED) is 0.703. The molecule has 0 radical (unpaired) electrons. The molecule has 20 heavy (non-hydrogen) atoms. The van der Waals surface area contributed by atoms with Crippen LogP contribution >= 0.6 is 0 Å². The number of aromatic nitrogens is 2. The molecule has 3 amide bonds. The van der Waals surface area contributed by atoms with Crippen LogP contribution in [0, 0.1) is 12.3 Å². The van der Waals surface area contributed by atoms with E-state index in [9.17, 15) is 14.4 Å². The molecule has 0 spiro atoms. The number of hydrogen-bond donors (Lipinski definition) is 3. The molecule has 1 aromatic heterocycles. The number of aliphatic carboxylic acids is 1. The number of amides is 3. The number of carbonyl (C=O) groups excluding carboxylic acids is 2. The minimum absolute atomic E-state index is 0.00121. The number of carboxylic acid groups (broad SMARTS) is 1. The molecule has 3 N–H and O–H groups in total. The van der Waals surface area contributed by atoms with Crippen LogP contribution in [0.1, 0.15) is 32.0 Å². The highest BCUT2D eigenvalue weighted by atomic mass is 16.5. The van der Waals surface area contributed by atoms with Gasteiger partial charge in [0.25, 0.3) is 0 Å². The molecule has 0 saturated carbocycles. The highest BCUT2D eigenvalue weighted by Gasteiger charge is 2.30. The van der Waals surface area contributed by atoms with E-state index in [-0.39, 0.29) is 18.8 Å². The van der Waals surface area contributed by atoms with E-state index in [1.54, 1.807) is 6.92 Å². The summed E-state index contributed by atoms with van der Waals surface area (Å²) in [5.41, 5.74) is -1.24. The zero-order valence-corrected chi connectivity index (χ0v) is 11.4. The molecule has 0 fully saturated rings. The largest absolute Gasteiger partial charge is 0.481 e. The standard InChI is InChI=1S/C11H16N4O5/c1-6-13-7(15-20-6)5-12-10(19)14-8(16)4-11(2,3)9(17)18/h4-5H2,1-3H3,(H,17,18)(H2,12,14,16,19). The van der Waals surface area contributed by atoms with Crippen molar-refractivity contribution in [1.82, 2.24) is 20.8 Å². The summed E-state index contributed by atoms with van der Waals surface area (Å²) in [7, 11) is 0. The van der Waals surface area contributed by atoms with Gasteiger partial charge in [-0.05, 0) is 13.8 Å². The molecule has 0 unspecified atom stereocenters. The van der Waals surface area contributed by atoms with Gasteiger partial charge in [0.1, 0.15) is 0 Å². The van der Waals surface area contributed by atoms with E-state index in [0.29, 0.717) is 5.89 Å². The number of aryl methyl sites for hydroxylation is 1. The molecule has 110 valence electrons. The van der Waals surface area contributed by atoms with Gasteiger partial charge in [-0.3, -0.25) is 14.9 Å². The van der Waals surface area contributed by atoms with Crippen molar-refractivity contribution in [2.75, 3.05) is 0 Å². The number of carbonyl (C=O) groups is 3. The number of carboxylic acids is 1. The summed E-state index contributed by atoms with van der Waals surface area (Å²) in [5.74, 6) is -1.16. The van der Waals surface area contributed by atoms with Crippen molar-refractivity contribution in [3.05, 3.63) is 11.7 Å². The number of hydrogen-bond acceptors (Lipinski definition) is 6. The third kappa shape index (κ3) is 4.67. The molecule has 1 heterocycles. The van der Waals surface area contributed by atoms with Gasteiger partial charge in [0.2, 0.25) is 11.8 Å². The van der Waals surface area contributed by atoms with Gasteiger partial charge in [0, 0.05) is 13.3 Å². The molecule has 9 heteroatoms. The lowest BCUT2D eigenvalue weighted by atomic mass is 9.89. The number of urea groups is 1. The van der Waals surface area contributed by atoms with Gasteiger partial charge < -0.3 is 14.9 Å². The van der Waals surface area contributed by atoms with E-state index in [1.165, 1.54) is 13.8 Å². The molecule has 1 rings (SSSR count). The summed E-state index contributed by atoms with van der Waals surface area (Å²) >= 11 is 0. The van der Waals surface area contributed by atoms with E-state index in [1.807, 2.05) is 5.32 Å². The van der Waals surface area contributed by atoms with E-state index in [0.717, 1.165) is 0 Å². The second kappa shape index (κ2) is 6.13. The third-order valence-electron chi connectivity index (χ3n) is 2.41. The van der Waals surface area contributed by atoms with Gasteiger partial charge in [-0.1, -0.05) is 5.16 Å². The Balaban J connectivity index is 2.39. The first-order chi connectivity index (χ1) is 9.20. The van der Waals surface area contributed by atoms with Crippen LogP contribution in [0.25, 0.3) is 0 Å². The van der Waals surface area contributed by atoms with E-state index in [4.69, 9.17) is 9.63 Å². The fourth-order valence-electron chi connectivity index (χ4n) is 1.26. The van der Waals surface area contributed by atoms with Crippen LogP contribution < -0.4 is 10.6 Å². The Morgan fingerprint density at radius 3 is 2.50 bits per heavy atom. The Bertz CT molecular complexity index is 523. The molecule has 0 aromatic carbocycles. The number of rotatable bonds is 5. The second-order valence-corrected chi connectivity index (χ2v) is 4.83. The average Bonchev–Trinajstić information content (AvgIpc) is 2.71. The summed E-state index contributed by atoms with van der Waals surface area (Å²) in [6.45, 7) is 4.40. The molecular weight excluding hydrogens is 268 g/mol. The Labute approximate surface area is 114 Å². The van der Waals surface area contributed by atoms with Crippen molar-refractivity contribution in [1.29, 1.82) is 0 Å². The number of nitrogens with zero attached hydrogens (tertiary/aromatic N) is 2. The van der Waals surface area contributed by atoms with Crippen LogP contribution in [-0.4, -0.2) is 33.2 Å². The Hall–Kier alpha value is -2.45. The first-order valence-electron chi connectivity index (χ1n) is 5.81. The topological polar surface area (TPSA) is 134 Å². The van der Waals surface area contributed by atoms with Crippen LogP contribution in [0.5, 0.6) is 0 Å². The zero-order valence-electron chi connectivity index (χ0n) is 11.4. The van der Waals surface area contributed by atoms with E-state index in [2.05, 4.69) is 15.5 Å². The van der Waals surface area contributed by atoms with Crippen molar-refractivity contribution < 1.29 is 24.0 Å². The van der Waals surface area contributed by atoms with Gasteiger partial charge in [-0.25, -0.2) is 4.79 Å². The zero-order chi connectivity index (χ0) is 15.3. The maximum absolute atomic E-state index is 11.5. The van der Waals surface area contributed by atoms with Gasteiger partial charge in [-0.15, -0.1) is 0 Å². The predicted octanol–water partition coefficient (Wildman–Crippen LogP) is 0.205. The maximum Gasteiger partial charge on any atom is 0.321 e. The van der Waals surface area contributed by atoms with Crippen molar-refractivity contribution in [2.45, 2.75) is 33.7 Å². The van der Waals surface area contributed by atoms with E-state index >= 15 is 0 Å². The van der Waals surface area contributed by atoms with Crippen molar-refractivity contribution >= 4 is 17.9 Å². The third-order valence-corrected chi connectivity index (χ3v) is 2.41. The minimum atomic E-state index is -1.24. The van der Waals surface area contributed by atoms with Crippen molar-refractivity contribution in [2.24, 2.45) is 5.41 Å². The van der Waals surface area contributed by atoms with Crippen molar-refractivity contribution in [3.8, 4) is 0 Å². The van der Waals surface area contributed by atoms with Crippen LogP contribution in [0.2, 0.25) is 0 Å². The molecule has 0 aliphatic heterocycles. The smallest absolute Gasteiger partial charge is 0.321 e. The SMILES string of the molecule is Cc1nc(CNC(=O)NC(=O)CC(C)(C)C(=O)O)no1. The summed E-state index contributed by atoms with van der Waals surface area (Å²) in [6, 6.07) is -0.751. The highest BCUT2D eigenvalue weighted by molar-refractivity contribution is 5.96. The van der Waals surface area contributed by atoms with Gasteiger partial charge in [-0.2, -0.15) is 4.98 Å². The van der Waals surface area contributed by atoms with Gasteiger partial charge in [0.05, 0.1) is 12.0 Å². The molecule has 9 nitrogen and oxygen atoms in total. The molecule has 0 aliphatic rings. The van der Waals surface area contributed by atoms with Gasteiger partial charge >= 0.3 is 12.0 Å². The fraction of sp³-hybridized carbons (Fsp3) is 0.545. The normalized spacial score (nSPS) is 10.9. The molecule has 0 aliphatic carbocycles. The monoisotopic (exact) mass is 284 g/mol. The second-order valence-electron chi connectivity index (χ2n) is 4.83. The Morgan fingerprint density at radius 2 is 2.00 bits per heavy atom. The predicted molar refractivity (Wildman–Crippen MR) is 65.4 cm³/mol. The highest BCUT2D eigenvalue weighted by Crippen LogP contribution is 2.19. The Morgan fingerprint density at radius 1 is 1.35 bits per heavy atom. The summed E-state index contributed by atoms with van der Waals surface area (Å²) in [4.78, 5) is 37.6. The first-order valence-corrected chi connectivity index (χ1v) is 5.81. The van der Waals surface area contributed by atoms with Crippen LogP contribution in [0.3, 0.4) is 0 Å². The summed E-state index contributed by atoms with van der Waals surface area (Å²) < 4.78 is 4.71. The van der Waals surface area contributed by atoms with Crippen molar-refractivity contribution in [3.63, 3.8) is 0 Å². The van der Waals surface area contributed by atoms with Crippen LogP contribution in [-0.2, 0) is 16.1 Å². The lowest BCUT2D eigenvalue weighted by Gasteiger charge is -2.17. The number of imide groups is 1. The molecule has 0 bridgehead atoms. The van der Waals surface area contributed by atoms with Gasteiger partial charge in [0.15, 0.2) is 5.82 Å². The summed E-state index contributed by atoms with van der Waals surface area (Å²) in [6.07, 6.45) is -0.308. The van der Waals surface area contributed by atoms with E-state index < -0.39 is 23.3 Å². The molecule has 0 atom stereocenters. The summed E-state index contributed by atoms with van der Waals surface area (Å²) in [5, 5.41) is 16.8. The molecule has 1 aromatic rings. The molecule has 0 saturated heterocycles. The molecular formula is C11H16N4O5. The lowest BCUT2D eigenvalue weighted by molar-refractivity contribution is -0.149. The van der Waals surface area contributed by atoms with Crippen LogP contribution in [0.15, 0.2) is 4.52 Å². The first kappa shape index (κ1) is 15.6. The maximum atomic E-state index is 11.5. The van der Waals surface area contributed by atoms with Crippen LogP contribution in [0.4, 0.5) is 4.79 Å². The Kier molecular flexibility index (Phi) is 4.78. The lowest BCUT2D eigenvalue weighted by Crippen LogP contribution is -2.42.